The van der Waals surface area contributed by atoms with Gasteiger partial charge in [-0.25, -0.2) is 0 Å². The summed E-state index contributed by atoms with van der Waals surface area (Å²) < 4.78 is 0. The third-order valence-corrected chi connectivity index (χ3v) is 2.35. The molecule has 5 nitrogen and oxygen atoms in total. The lowest BCUT2D eigenvalue weighted by Crippen LogP contribution is -2.12. The second-order valence-electron chi connectivity index (χ2n) is 3.61. The molecule has 0 aliphatic heterocycles. The van der Waals surface area contributed by atoms with Crippen molar-refractivity contribution in [2.24, 2.45) is 0 Å². The minimum absolute atomic E-state index is 0.293. The van der Waals surface area contributed by atoms with Crippen molar-refractivity contribution in [1.29, 1.82) is 5.26 Å². The number of carbonyl (C=O) groups excluding carboxylic acids is 1. The van der Waals surface area contributed by atoms with Gasteiger partial charge >= 0.3 is 0 Å². The number of benzene rings is 1. The first-order valence-corrected chi connectivity index (χ1v) is 5.21. The average Bonchev–Trinajstić information content (AvgIpc) is 2.41. The molecule has 0 fully saturated rings. The number of hydrogen-bond donors (Lipinski definition) is 2. The van der Waals surface area contributed by atoms with Gasteiger partial charge in [-0.2, -0.15) is 5.26 Å². The van der Waals surface area contributed by atoms with Gasteiger partial charge in [-0.3, -0.25) is 9.78 Å². The molecule has 3 N–H and O–H groups in total. The van der Waals surface area contributed by atoms with Crippen LogP contribution in [0.2, 0.25) is 0 Å². The lowest BCUT2D eigenvalue weighted by molar-refractivity contribution is 0.102. The van der Waals surface area contributed by atoms with E-state index < -0.39 is 0 Å². The van der Waals surface area contributed by atoms with Crippen molar-refractivity contribution in [2.45, 2.75) is 0 Å². The number of aromatic nitrogens is 1. The number of nitrogens with one attached hydrogen (secondary N) is 1. The van der Waals surface area contributed by atoms with Crippen LogP contribution in [0.25, 0.3) is 0 Å². The standard InChI is InChI=1S/C13H10N4O/c14-8-10-7-11(15)1-2-12(10)17-13(18)9-3-5-16-6-4-9/h1-7H,15H2,(H,17,18). The Morgan fingerprint density at radius 3 is 2.67 bits per heavy atom. The lowest BCUT2D eigenvalue weighted by atomic mass is 10.1. The van der Waals surface area contributed by atoms with E-state index in [1.165, 1.54) is 18.5 Å². The highest BCUT2D eigenvalue weighted by Gasteiger charge is 2.08. The molecule has 0 aliphatic carbocycles. The maximum Gasteiger partial charge on any atom is 0.255 e. The summed E-state index contributed by atoms with van der Waals surface area (Å²) in [4.78, 5) is 15.7. The second-order valence-corrected chi connectivity index (χ2v) is 3.61. The van der Waals surface area contributed by atoms with E-state index in [0.29, 0.717) is 22.5 Å². The molecule has 0 saturated heterocycles. The van der Waals surface area contributed by atoms with Gasteiger partial charge in [0, 0.05) is 23.6 Å². The number of hydrogen-bond acceptors (Lipinski definition) is 4. The van der Waals surface area contributed by atoms with E-state index in [1.54, 1.807) is 24.3 Å². The molecule has 2 rings (SSSR count). The Balaban J connectivity index is 2.25. The van der Waals surface area contributed by atoms with Gasteiger partial charge in [0.25, 0.3) is 5.91 Å². The predicted molar refractivity (Wildman–Crippen MR) is 67.8 cm³/mol. The van der Waals surface area contributed by atoms with Crippen molar-refractivity contribution in [3.8, 4) is 6.07 Å². The number of rotatable bonds is 2. The van der Waals surface area contributed by atoms with Crippen LogP contribution in [0.3, 0.4) is 0 Å². The van der Waals surface area contributed by atoms with E-state index in [0.717, 1.165) is 0 Å². The van der Waals surface area contributed by atoms with Crippen molar-refractivity contribution in [2.75, 3.05) is 11.1 Å². The zero-order chi connectivity index (χ0) is 13.0. The molecule has 18 heavy (non-hydrogen) atoms. The fraction of sp³-hybridized carbons (Fsp3) is 0. The van der Waals surface area contributed by atoms with Gasteiger partial charge in [-0.1, -0.05) is 0 Å². The maximum atomic E-state index is 11.9. The number of anilines is 2. The molecule has 1 heterocycles. The molecule has 1 aromatic carbocycles. The quantitative estimate of drug-likeness (QED) is 0.780. The third kappa shape index (κ3) is 2.44. The minimum atomic E-state index is -0.293. The number of amides is 1. The Morgan fingerprint density at radius 2 is 2.00 bits per heavy atom. The average molecular weight is 238 g/mol. The van der Waals surface area contributed by atoms with E-state index in [9.17, 15) is 4.79 Å². The van der Waals surface area contributed by atoms with E-state index in [2.05, 4.69) is 10.3 Å². The molecule has 0 atom stereocenters. The molecule has 1 amide bonds. The molecule has 0 saturated carbocycles. The number of nitrogen functional groups attached to an aromatic ring is 1. The largest absolute Gasteiger partial charge is 0.399 e. The fourth-order valence-corrected chi connectivity index (χ4v) is 1.46. The normalized spacial score (nSPS) is 9.50. The highest BCUT2D eigenvalue weighted by Crippen LogP contribution is 2.18. The Bertz CT molecular complexity index is 617. The van der Waals surface area contributed by atoms with Crippen LogP contribution in [-0.4, -0.2) is 10.9 Å². The topological polar surface area (TPSA) is 91.8 Å². The van der Waals surface area contributed by atoms with E-state index >= 15 is 0 Å². The van der Waals surface area contributed by atoms with Crippen LogP contribution < -0.4 is 11.1 Å². The van der Waals surface area contributed by atoms with Crippen LogP contribution in [0, 0.1) is 11.3 Å². The molecule has 0 aliphatic rings. The molecule has 88 valence electrons. The first-order valence-electron chi connectivity index (χ1n) is 5.21. The monoisotopic (exact) mass is 238 g/mol. The predicted octanol–water partition coefficient (Wildman–Crippen LogP) is 1.79. The van der Waals surface area contributed by atoms with E-state index in [4.69, 9.17) is 11.0 Å². The molecule has 0 spiro atoms. The van der Waals surface area contributed by atoms with Crippen LogP contribution in [0.15, 0.2) is 42.7 Å². The molecule has 1 aromatic heterocycles. The fourth-order valence-electron chi connectivity index (χ4n) is 1.46. The zero-order valence-corrected chi connectivity index (χ0v) is 9.42. The Labute approximate surface area is 104 Å². The van der Waals surface area contributed by atoms with Gasteiger partial charge in [-0.05, 0) is 30.3 Å². The summed E-state index contributed by atoms with van der Waals surface area (Å²) in [6.07, 6.45) is 3.06. The molecule has 5 heteroatoms. The number of nitrogens with two attached hydrogens (primary N) is 1. The number of pyridine rings is 1. The number of nitrogens with zero attached hydrogens (tertiary/aromatic N) is 2. The van der Waals surface area contributed by atoms with Crippen molar-refractivity contribution >= 4 is 17.3 Å². The van der Waals surface area contributed by atoms with Crippen molar-refractivity contribution in [3.63, 3.8) is 0 Å². The van der Waals surface area contributed by atoms with Crippen LogP contribution in [-0.2, 0) is 0 Å². The molecule has 2 aromatic rings. The molecular weight excluding hydrogens is 228 g/mol. The van der Waals surface area contributed by atoms with Crippen molar-refractivity contribution in [1.82, 2.24) is 4.98 Å². The van der Waals surface area contributed by atoms with Crippen LogP contribution in [0.4, 0.5) is 11.4 Å². The maximum absolute atomic E-state index is 11.9. The molecule has 0 radical (unpaired) electrons. The smallest absolute Gasteiger partial charge is 0.255 e. The first kappa shape index (κ1) is 11.6. The minimum Gasteiger partial charge on any atom is -0.399 e. The van der Waals surface area contributed by atoms with Gasteiger partial charge in [0.05, 0.1) is 11.3 Å². The van der Waals surface area contributed by atoms with Gasteiger partial charge < -0.3 is 11.1 Å². The highest BCUT2D eigenvalue weighted by atomic mass is 16.1. The molecule has 0 bridgehead atoms. The summed E-state index contributed by atoms with van der Waals surface area (Å²) >= 11 is 0. The first-order chi connectivity index (χ1) is 8.70. The summed E-state index contributed by atoms with van der Waals surface area (Å²) in [6, 6.07) is 9.93. The van der Waals surface area contributed by atoms with Gasteiger partial charge in [0.15, 0.2) is 0 Å². The van der Waals surface area contributed by atoms with Crippen molar-refractivity contribution in [3.05, 3.63) is 53.9 Å². The summed E-state index contributed by atoms with van der Waals surface area (Å²) in [5.74, 6) is -0.293. The van der Waals surface area contributed by atoms with Crippen LogP contribution in [0.5, 0.6) is 0 Å². The van der Waals surface area contributed by atoms with Gasteiger partial charge in [0.2, 0.25) is 0 Å². The van der Waals surface area contributed by atoms with E-state index in [1.807, 2.05) is 6.07 Å². The Hall–Kier alpha value is -2.87. The second kappa shape index (κ2) is 4.97. The summed E-state index contributed by atoms with van der Waals surface area (Å²) in [6.45, 7) is 0. The number of carbonyl (C=O) groups is 1. The third-order valence-electron chi connectivity index (χ3n) is 2.35. The zero-order valence-electron chi connectivity index (χ0n) is 9.42. The summed E-state index contributed by atoms with van der Waals surface area (Å²) in [7, 11) is 0. The Kier molecular flexibility index (Phi) is 3.21. The van der Waals surface area contributed by atoms with Gasteiger partial charge in [0.1, 0.15) is 6.07 Å². The highest BCUT2D eigenvalue weighted by molar-refractivity contribution is 6.04. The summed E-state index contributed by atoms with van der Waals surface area (Å²) in [5, 5.41) is 11.6. The lowest BCUT2D eigenvalue weighted by Gasteiger charge is -2.07. The van der Waals surface area contributed by atoms with Crippen LogP contribution >= 0.6 is 0 Å². The van der Waals surface area contributed by atoms with E-state index in [-0.39, 0.29) is 5.91 Å². The SMILES string of the molecule is N#Cc1cc(N)ccc1NC(=O)c1ccncc1. The van der Waals surface area contributed by atoms with Crippen molar-refractivity contribution < 1.29 is 4.79 Å². The van der Waals surface area contributed by atoms with Gasteiger partial charge in [-0.15, -0.1) is 0 Å². The number of nitriles is 1. The summed E-state index contributed by atoms with van der Waals surface area (Å²) in [5.41, 5.74) is 7.30. The van der Waals surface area contributed by atoms with Crippen LogP contribution in [0.1, 0.15) is 15.9 Å². The molecular formula is C13H10N4O. The Morgan fingerprint density at radius 1 is 1.28 bits per heavy atom. The molecule has 0 unspecified atom stereocenters.